The third-order valence-corrected chi connectivity index (χ3v) is 4.74. The molecular formula is C21H29N3O4. The number of amides is 2. The van der Waals surface area contributed by atoms with Crippen molar-refractivity contribution in [3.8, 4) is 0 Å². The number of hydrogen-bond donors (Lipinski definition) is 3. The summed E-state index contributed by atoms with van der Waals surface area (Å²) in [5, 5.41) is 20.4. The summed E-state index contributed by atoms with van der Waals surface area (Å²) in [5.74, 6) is -0.263. The molecule has 7 heteroatoms. The van der Waals surface area contributed by atoms with Gasteiger partial charge in [-0.2, -0.15) is 0 Å². The van der Waals surface area contributed by atoms with Gasteiger partial charge in [0.15, 0.2) is 0 Å². The van der Waals surface area contributed by atoms with E-state index in [4.69, 9.17) is 10.1 Å². The van der Waals surface area contributed by atoms with Gasteiger partial charge in [0.05, 0.1) is 17.4 Å². The fourth-order valence-electron chi connectivity index (χ4n) is 3.16. The Morgan fingerprint density at radius 2 is 2.04 bits per heavy atom. The standard InChI is InChI=1S/C21H29N3O4/c1-14(24-12-11-17(28-20(24)26)13-21(2,3)27)15-5-7-16(8-6-15)18(22)9-10-19(25)23-4/h5-10,14,17,22,27H,11-13H2,1-4H3,(H,23,25)/b10-9-,22-18?. The fourth-order valence-corrected chi connectivity index (χ4v) is 3.16. The van der Waals surface area contributed by atoms with Gasteiger partial charge in [-0.05, 0) is 38.0 Å². The second-order valence-electron chi connectivity index (χ2n) is 7.66. The number of allylic oxidation sites excluding steroid dienone is 1. The summed E-state index contributed by atoms with van der Waals surface area (Å²) in [4.78, 5) is 25.3. The van der Waals surface area contributed by atoms with Crippen LogP contribution in [0.3, 0.4) is 0 Å². The normalized spacial score (nSPS) is 18.7. The van der Waals surface area contributed by atoms with E-state index in [-0.39, 0.29) is 29.9 Å². The van der Waals surface area contributed by atoms with Crippen LogP contribution in [-0.2, 0) is 9.53 Å². The Morgan fingerprint density at radius 3 is 2.57 bits per heavy atom. The summed E-state index contributed by atoms with van der Waals surface area (Å²) < 4.78 is 5.49. The van der Waals surface area contributed by atoms with Crippen molar-refractivity contribution < 1.29 is 19.4 Å². The molecule has 3 N–H and O–H groups in total. The Balaban J connectivity index is 2.00. The average Bonchev–Trinajstić information content (AvgIpc) is 2.64. The quantitative estimate of drug-likeness (QED) is 0.494. The Bertz CT molecular complexity index is 750. The first-order valence-corrected chi connectivity index (χ1v) is 9.39. The van der Waals surface area contributed by atoms with Crippen LogP contribution in [0.4, 0.5) is 4.79 Å². The summed E-state index contributed by atoms with van der Waals surface area (Å²) >= 11 is 0. The van der Waals surface area contributed by atoms with Gasteiger partial charge in [-0.15, -0.1) is 0 Å². The molecule has 0 aromatic heterocycles. The zero-order valence-electron chi connectivity index (χ0n) is 16.9. The van der Waals surface area contributed by atoms with E-state index >= 15 is 0 Å². The molecule has 2 amide bonds. The van der Waals surface area contributed by atoms with E-state index in [0.717, 1.165) is 5.56 Å². The Morgan fingerprint density at radius 1 is 1.39 bits per heavy atom. The summed E-state index contributed by atoms with van der Waals surface area (Å²) in [7, 11) is 1.53. The zero-order valence-corrected chi connectivity index (χ0v) is 16.9. The molecule has 1 aliphatic heterocycles. The monoisotopic (exact) mass is 387 g/mol. The highest BCUT2D eigenvalue weighted by molar-refractivity contribution is 6.09. The number of carbonyl (C=O) groups is 2. The number of hydrogen-bond acceptors (Lipinski definition) is 5. The van der Waals surface area contributed by atoms with Crippen LogP contribution in [0.15, 0.2) is 36.4 Å². The van der Waals surface area contributed by atoms with E-state index in [1.807, 2.05) is 19.1 Å². The molecule has 28 heavy (non-hydrogen) atoms. The van der Waals surface area contributed by atoms with Gasteiger partial charge >= 0.3 is 6.09 Å². The predicted octanol–water partition coefficient (Wildman–Crippen LogP) is 2.79. The molecule has 1 heterocycles. The molecule has 0 saturated carbocycles. The van der Waals surface area contributed by atoms with E-state index in [1.54, 1.807) is 30.9 Å². The number of nitrogens with one attached hydrogen (secondary N) is 2. The second-order valence-corrected chi connectivity index (χ2v) is 7.66. The number of aliphatic hydroxyl groups is 1. The van der Waals surface area contributed by atoms with Crippen LogP contribution >= 0.6 is 0 Å². The van der Waals surface area contributed by atoms with Crippen LogP contribution < -0.4 is 5.32 Å². The Labute approximate surface area is 165 Å². The van der Waals surface area contributed by atoms with Gasteiger partial charge in [0.1, 0.15) is 6.10 Å². The van der Waals surface area contributed by atoms with Crippen LogP contribution in [0.2, 0.25) is 0 Å². The summed E-state index contributed by atoms with van der Waals surface area (Å²) in [6, 6.07) is 7.18. The minimum Gasteiger partial charge on any atom is -0.446 e. The van der Waals surface area contributed by atoms with E-state index in [9.17, 15) is 14.7 Å². The number of cyclic esters (lactones) is 1. The second kappa shape index (κ2) is 9.01. The van der Waals surface area contributed by atoms with Crippen molar-refractivity contribution in [2.75, 3.05) is 13.6 Å². The van der Waals surface area contributed by atoms with Crippen LogP contribution in [0, 0.1) is 5.41 Å². The number of benzene rings is 1. The summed E-state index contributed by atoms with van der Waals surface area (Å²) in [6.07, 6.45) is 3.20. The highest BCUT2D eigenvalue weighted by atomic mass is 16.6. The third kappa shape index (κ3) is 5.92. The van der Waals surface area contributed by atoms with E-state index in [2.05, 4.69) is 5.32 Å². The molecule has 1 aliphatic rings. The Kier molecular flexibility index (Phi) is 6.96. The third-order valence-electron chi connectivity index (χ3n) is 4.74. The maximum absolute atomic E-state index is 12.4. The largest absolute Gasteiger partial charge is 0.446 e. The first-order valence-electron chi connectivity index (χ1n) is 9.39. The molecule has 1 fully saturated rings. The SMILES string of the molecule is CNC(=O)/C=C\C(=N)c1ccc(C(C)N2CCC(CC(C)(C)O)OC2=O)cc1. The lowest BCUT2D eigenvalue weighted by Crippen LogP contribution is -2.45. The maximum Gasteiger partial charge on any atom is 0.410 e. The van der Waals surface area contributed by atoms with Crippen molar-refractivity contribution in [1.82, 2.24) is 10.2 Å². The van der Waals surface area contributed by atoms with Crippen molar-refractivity contribution in [3.05, 3.63) is 47.5 Å². The number of rotatable bonds is 7. The van der Waals surface area contributed by atoms with Crippen molar-refractivity contribution in [1.29, 1.82) is 5.41 Å². The van der Waals surface area contributed by atoms with Gasteiger partial charge in [-0.1, -0.05) is 24.3 Å². The van der Waals surface area contributed by atoms with Crippen LogP contribution in [0.25, 0.3) is 0 Å². The van der Waals surface area contributed by atoms with E-state index in [1.165, 1.54) is 19.2 Å². The Hall–Kier alpha value is -2.67. The molecule has 2 unspecified atom stereocenters. The molecular weight excluding hydrogens is 358 g/mol. The van der Waals surface area contributed by atoms with Crippen LogP contribution in [-0.4, -0.2) is 53.0 Å². The lowest BCUT2D eigenvalue weighted by molar-refractivity contribution is -0.116. The van der Waals surface area contributed by atoms with Gasteiger partial charge in [0.25, 0.3) is 0 Å². The number of ether oxygens (including phenoxy) is 1. The summed E-state index contributed by atoms with van der Waals surface area (Å²) in [5.41, 5.74) is 0.979. The topological polar surface area (TPSA) is 103 Å². The van der Waals surface area contributed by atoms with E-state index < -0.39 is 5.60 Å². The molecule has 0 radical (unpaired) electrons. The first-order chi connectivity index (χ1) is 13.1. The smallest absolute Gasteiger partial charge is 0.410 e. The van der Waals surface area contributed by atoms with Crippen LogP contribution in [0.5, 0.6) is 0 Å². The van der Waals surface area contributed by atoms with E-state index in [0.29, 0.717) is 24.9 Å². The number of likely N-dealkylation sites (N-methyl/N-ethyl adjacent to an activating group) is 1. The van der Waals surface area contributed by atoms with Gasteiger partial charge in [-0.3, -0.25) is 4.79 Å². The molecule has 0 aliphatic carbocycles. The van der Waals surface area contributed by atoms with Gasteiger partial charge in [-0.25, -0.2) is 4.79 Å². The molecule has 2 atom stereocenters. The molecule has 7 nitrogen and oxygen atoms in total. The molecule has 0 bridgehead atoms. The lowest BCUT2D eigenvalue weighted by Gasteiger charge is -2.37. The molecule has 1 aromatic carbocycles. The minimum atomic E-state index is -0.870. The highest BCUT2D eigenvalue weighted by Crippen LogP contribution is 2.28. The van der Waals surface area contributed by atoms with Gasteiger partial charge < -0.3 is 25.5 Å². The van der Waals surface area contributed by atoms with Crippen molar-refractivity contribution in [2.24, 2.45) is 0 Å². The number of carbonyl (C=O) groups excluding carboxylic acids is 2. The maximum atomic E-state index is 12.4. The predicted molar refractivity (Wildman–Crippen MR) is 107 cm³/mol. The number of nitrogens with zero attached hydrogens (tertiary/aromatic N) is 1. The van der Waals surface area contributed by atoms with Gasteiger partial charge in [0, 0.05) is 32.5 Å². The van der Waals surface area contributed by atoms with Crippen molar-refractivity contribution in [3.63, 3.8) is 0 Å². The molecule has 0 spiro atoms. The first kappa shape index (κ1) is 21.6. The van der Waals surface area contributed by atoms with Crippen molar-refractivity contribution >= 4 is 17.7 Å². The highest BCUT2D eigenvalue weighted by Gasteiger charge is 2.33. The minimum absolute atomic E-state index is 0.166. The molecule has 152 valence electrons. The molecule has 1 saturated heterocycles. The lowest BCUT2D eigenvalue weighted by atomic mass is 9.97. The molecule has 2 rings (SSSR count). The zero-order chi connectivity index (χ0) is 20.9. The van der Waals surface area contributed by atoms with Gasteiger partial charge in [0.2, 0.25) is 5.91 Å². The van der Waals surface area contributed by atoms with Crippen molar-refractivity contribution in [2.45, 2.75) is 51.4 Å². The van der Waals surface area contributed by atoms with Crippen LogP contribution in [0.1, 0.15) is 50.8 Å². The fraction of sp³-hybridized carbons (Fsp3) is 0.476. The molecule has 1 aromatic rings. The average molecular weight is 387 g/mol. The summed E-state index contributed by atoms with van der Waals surface area (Å²) in [6.45, 7) is 5.91.